The zero-order chi connectivity index (χ0) is 38.6. The Bertz CT molecular complexity index is 3510. The van der Waals surface area contributed by atoms with E-state index in [1.165, 1.54) is 27.1 Å². The molecule has 4 heterocycles. The Morgan fingerprint density at radius 1 is 0.305 bits per heavy atom. The van der Waals surface area contributed by atoms with Crippen LogP contribution in [0.5, 0.6) is 0 Å². The summed E-state index contributed by atoms with van der Waals surface area (Å²) in [5, 5.41) is 9.26. The van der Waals surface area contributed by atoms with Crippen molar-refractivity contribution in [1.82, 2.24) is 4.40 Å². The van der Waals surface area contributed by atoms with E-state index in [-0.39, 0.29) is 0 Å². The van der Waals surface area contributed by atoms with E-state index in [0.717, 1.165) is 89.0 Å². The number of rotatable bonds is 6. The summed E-state index contributed by atoms with van der Waals surface area (Å²) in [6.07, 6.45) is 0. The summed E-state index contributed by atoms with van der Waals surface area (Å²) in [6.45, 7) is 0. The average molecular weight is 756 g/mol. The smallest absolute Gasteiger partial charge is 0.135 e. The van der Waals surface area contributed by atoms with Gasteiger partial charge in [-0.05, 0) is 97.1 Å². The summed E-state index contributed by atoms with van der Waals surface area (Å²) in [5.74, 6) is 0. The zero-order valence-corrected chi connectivity index (χ0v) is 31.7. The van der Waals surface area contributed by atoms with Crippen molar-refractivity contribution in [2.24, 2.45) is 0 Å². The molecule has 0 aliphatic carbocycles. The van der Waals surface area contributed by atoms with Gasteiger partial charge in [0.2, 0.25) is 0 Å². The van der Waals surface area contributed by atoms with Crippen molar-refractivity contribution in [1.29, 1.82) is 0 Å². The van der Waals surface area contributed by atoms with Gasteiger partial charge in [-0.25, -0.2) is 0 Å². The highest BCUT2D eigenvalue weighted by Gasteiger charge is 2.26. The molecule has 0 amide bonds. The van der Waals surface area contributed by atoms with Gasteiger partial charge in [-0.15, -0.1) is 0 Å². The summed E-state index contributed by atoms with van der Waals surface area (Å²) < 4.78 is 15.0. The van der Waals surface area contributed by atoms with Crippen LogP contribution in [0.25, 0.3) is 82.0 Å². The summed E-state index contributed by atoms with van der Waals surface area (Å²) in [5.41, 5.74) is 13.6. The van der Waals surface area contributed by atoms with Crippen molar-refractivity contribution in [3.05, 3.63) is 200 Å². The van der Waals surface area contributed by atoms with Crippen LogP contribution in [0.3, 0.4) is 0 Å². The molecule has 276 valence electrons. The second-order valence-electron chi connectivity index (χ2n) is 15.3. The Balaban J connectivity index is 1.07. The highest BCUT2D eigenvalue weighted by atomic mass is 16.3. The molecule has 59 heavy (non-hydrogen) atoms. The van der Waals surface area contributed by atoms with Crippen LogP contribution in [-0.2, 0) is 0 Å². The molecule has 4 aromatic heterocycles. The fraction of sp³-hybridized carbons (Fsp3) is 0. The Hall–Kier alpha value is -8.02. The molecular weight excluding hydrogens is 723 g/mol. The van der Waals surface area contributed by atoms with Gasteiger partial charge in [-0.3, -0.25) is 0 Å². The largest absolute Gasteiger partial charge is 0.456 e. The van der Waals surface area contributed by atoms with Crippen LogP contribution in [0, 0.1) is 0 Å². The molecule has 13 rings (SSSR count). The number of anilines is 6. The molecule has 9 aromatic carbocycles. The number of hydrogen-bond acceptors (Lipinski definition) is 4. The van der Waals surface area contributed by atoms with Crippen LogP contribution in [0.4, 0.5) is 34.1 Å². The van der Waals surface area contributed by atoms with Crippen LogP contribution in [0.2, 0.25) is 0 Å². The van der Waals surface area contributed by atoms with Gasteiger partial charge in [-0.2, -0.15) is 0 Å². The van der Waals surface area contributed by atoms with Gasteiger partial charge < -0.3 is 23.0 Å². The normalized spacial score (nSPS) is 12.1. The lowest BCUT2D eigenvalue weighted by molar-refractivity contribution is 0.668. The van der Waals surface area contributed by atoms with Crippen molar-refractivity contribution in [2.75, 3.05) is 9.80 Å². The maximum atomic E-state index is 6.27. The van der Waals surface area contributed by atoms with Crippen LogP contribution in [0.15, 0.2) is 209 Å². The SMILES string of the molecule is c1ccc(N(c2ccc3oc4ccccc4c3c2)c2cccc3c2c2cccc4c5c(N(c6ccccc6)c6ccc7oc8ccccc8c7c6)cccc5n3c24)cc1. The molecular formula is C54H33N3O2. The van der Waals surface area contributed by atoms with E-state index in [9.17, 15) is 0 Å². The first-order valence-corrected chi connectivity index (χ1v) is 20.0. The lowest BCUT2D eigenvalue weighted by Crippen LogP contribution is -2.10. The summed E-state index contributed by atoms with van der Waals surface area (Å²) in [4.78, 5) is 4.79. The molecule has 0 N–H and O–H groups in total. The second kappa shape index (κ2) is 12.2. The molecule has 0 aliphatic heterocycles. The van der Waals surface area contributed by atoms with Crippen LogP contribution < -0.4 is 9.80 Å². The number of benzene rings is 9. The molecule has 5 nitrogen and oxygen atoms in total. The Morgan fingerprint density at radius 2 is 0.712 bits per heavy atom. The first-order valence-electron chi connectivity index (χ1n) is 20.0. The highest BCUT2D eigenvalue weighted by molar-refractivity contribution is 6.28. The first kappa shape index (κ1) is 32.1. The van der Waals surface area contributed by atoms with Crippen molar-refractivity contribution in [3.63, 3.8) is 0 Å². The minimum Gasteiger partial charge on any atom is -0.456 e. The van der Waals surface area contributed by atoms with E-state index in [2.05, 4.69) is 190 Å². The maximum Gasteiger partial charge on any atom is 0.135 e. The fourth-order valence-electron chi connectivity index (χ4n) is 9.63. The number of aromatic nitrogens is 1. The lowest BCUT2D eigenvalue weighted by Gasteiger charge is -2.27. The summed E-state index contributed by atoms with van der Waals surface area (Å²) >= 11 is 0. The van der Waals surface area contributed by atoms with Gasteiger partial charge in [0.1, 0.15) is 22.3 Å². The molecule has 0 atom stereocenters. The van der Waals surface area contributed by atoms with E-state index in [0.29, 0.717) is 0 Å². The first-order chi connectivity index (χ1) is 29.3. The molecule has 0 aliphatic rings. The standard InChI is InChI=1S/C54H33N3O2/c1-3-14-34(15-4-1)55(36-28-30-50-42(32-36)38-18-7-9-26-48(38)58-50)44-22-12-24-46-52(44)40-20-11-21-41-53-45(23-13-25-47(53)57(46)54(40)41)56(35-16-5-2-6-17-35)37-29-31-51-43(33-37)39-19-8-10-27-49(39)59-51/h1-33H. The molecule has 0 spiro atoms. The van der Waals surface area contributed by atoms with Crippen molar-refractivity contribution in [2.45, 2.75) is 0 Å². The Kier molecular flexibility index (Phi) is 6.66. The lowest BCUT2D eigenvalue weighted by atomic mass is 10.0. The van der Waals surface area contributed by atoms with Gasteiger partial charge in [0, 0.05) is 65.8 Å². The number of para-hydroxylation sites is 5. The summed E-state index contributed by atoms with van der Waals surface area (Å²) in [6, 6.07) is 71.3. The van der Waals surface area contributed by atoms with E-state index >= 15 is 0 Å². The predicted octanol–water partition coefficient (Wildman–Crippen LogP) is 15.6. The predicted molar refractivity (Wildman–Crippen MR) is 245 cm³/mol. The minimum absolute atomic E-state index is 0.881. The van der Waals surface area contributed by atoms with Gasteiger partial charge in [0.25, 0.3) is 0 Å². The Labute approximate surface area is 338 Å². The molecule has 0 saturated heterocycles. The third kappa shape index (κ3) is 4.61. The maximum absolute atomic E-state index is 6.27. The molecule has 0 bridgehead atoms. The highest BCUT2D eigenvalue weighted by Crippen LogP contribution is 2.50. The molecule has 13 aromatic rings. The van der Waals surface area contributed by atoms with E-state index in [1.54, 1.807) is 0 Å². The van der Waals surface area contributed by atoms with Gasteiger partial charge in [-0.1, -0.05) is 103 Å². The molecule has 0 unspecified atom stereocenters. The van der Waals surface area contributed by atoms with Gasteiger partial charge >= 0.3 is 0 Å². The number of hydrogen-bond donors (Lipinski definition) is 0. The van der Waals surface area contributed by atoms with Crippen molar-refractivity contribution >= 4 is 116 Å². The number of fused-ring (bicyclic) bond motifs is 12. The van der Waals surface area contributed by atoms with Gasteiger partial charge in [0.05, 0.1) is 27.9 Å². The van der Waals surface area contributed by atoms with E-state index in [4.69, 9.17) is 8.83 Å². The fourth-order valence-corrected chi connectivity index (χ4v) is 9.63. The quantitative estimate of drug-likeness (QED) is 0.169. The molecule has 0 fully saturated rings. The topological polar surface area (TPSA) is 37.2 Å². The minimum atomic E-state index is 0.881. The molecule has 5 heteroatoms. The number of nitrogens with zero attached hydrogens (tertiary/aromatic N) is 3. The van der Waals surface area contributed by atoms with Gasteiger partial charge in [0.15, 0.2) is 0 Å². The van der Waals surface area contributed by atoms with Crippen molar-refractivity contribution in [3.8, 4) is 0 Å². The second-order valence-corrected chi connectivity index (χ2v) is 15.3. The number of furan rings is 2. The molecule has 0 radical (unpaired) electrons. The van der Waals surface area contributed by atoms with E-state index < -0.39 is 0 Å². The van der Waals surface area contributed by atoms with E-state index in [1.807, 2.05) is 24.3 Å². The van der Waals surface area contributed by atoms with Crippen LogP contribution in [-0.4, -0.2) is 4.40 Å². The monoisotopic (exact) mass is 755 g/mol. The molecule has 0 saturated carbocycles. The van der Waals surface area contributed by atoms with Crippen LogP contribution in [0.1, 0.15) is 0 Å². The Morgan fingerprint density at radius 3 is 1.20 bits per heavy atom. The third-order valence-corrected chi connectivity index (χ3v) is 12.1. The van der Waals surface area contributed by atoms with Crippen molar-refractivity contribution < 1.29 is 8.83 Å². The third-order valence-electron chi connectivity index (χ3n) is 12.1. The summed E-state index contributed by atoms with van der Waals surface area (Å²) in [7, 11) is 0. The average Bonchev–Trinajstić information content (AvgIpc) is 4.05. The van der Waals surface area contributed by atoms with Crippen LogP contribution >= 0.6 is 0 Å². The zero-order valence-electron chi connectivity index (χ0n) is 31.7.